The summed E-state index contributed by atoms with van der Waals surface area (Å²) in [6.45, 7) is -0.352. The number of aromatic hydroxyl groups is 4. The van der Waals surface area contributed by atoms with Gasteiger partial charge in [-0.25, -0.2) is 52.8 Å². The maximum atomic E-state index is 13.3. The Bertz CT molecular complexity index is 6040. The van der Waals surface area contributed by atoms with Crippen molar-refractivity contribution in [2.75, 3.05) is 24.6 Å². The SMILES string of the molecule is N=c1ccc2c(-c3cccc(C(=O)OCCc4cc(O)c(O)cc4[N+](=O)[O-])c3C(=O)O)c3ccc(N)c(S(=O)(=O)[O-])c3oc-2c1S(=O)(=O)[O-].N=c1ccc2c(-c3cccc(C(=O)ON4C(=O)CCC4=O)c3C(=O)O)c3ccc(N)c(S(=O)(=O)[O-])c3oc-2c1S(=O)(=O)[O-].NCCc1cc(O)c(O)cc1[N+](=O)[O-]. The molecule has 3 aliphatic heterocycles. The Morgan fingerprint density at radius 2 is 0.887 bits per heavy atom. The van der Waals surface area contributed by atoms with Crippen molar-refractivity contribution in [3.05, 3.63) is 174 Å². The van der Waals surface area contributed by atoms with Gasteiger partial charge in [0.15, 0.2) is 45.7 Å². The third kappa shape index (κ3) is 15.1. The molecule has 0 radical (unpaired) electrons. The Morgan fingerprint density at radius 3 is 1.25 bits per heavy atom. The Balaban J connectivity index is 0.000000208. The van der Waals surface area contributed by atoms with Gasteiger partial charge in [0.2, 0.25) is 0 Å². The van der Waals surface area contributed by atoms with E-state index in [9.17, 15) is 121 Å². The summed E-state index contributed by atoms with van der Waals surface area (Å²) in [5.41, 5.74) is 7.94. The van der Waals surface area contributed by atoms with Crippen LogP contribution in [0.1, 0.15) is 65.4 Å². The summed E-state index contributed by atoms with van der Waals surface area (Å²) in [6, 6.07) is 18.3. The lowest BCUT2D eigenvalue weighted by Crippen LogP contribution is -2.32. The number of carboxylic acid groups (broad SMARTS) is 2. The lowest BCUT2D eigenvalue weighted by atomic mass is 9.88. The minimum atomic E-state index is -5.53. The van der Waals surface area contributed by atoms with Crippen LogP contribution in [0.4, 0.5) is 22.7 Å². The number of carbonyl (C=O) groups is 6. The topological polar surface area (TPSA) is 713 Å². The number of benzene rings is 8. The number of imide groups is 1. The van der Waals surface area contributed by atoms with Crippen LogP contribution in [0.5, 0.6) is 23.0 Å². The van der Waals surface area contributed by atoms with Crippen molar-refractivity contribution in [1.29, 1.82) is 10.8 Å². The van der Waals surface area contributed by atoms with Gasteiger partial charge in [-0.3, -0.25) is 40.6 Å². The lowest BCUT2D eigenvalue weighted by molar-refractivity contribution is -0.385. The smallest absolute Gasteiger partial charge is 0.364 e. The van der Waals surface area contributed by atoms with Crippen LogP contribution in [0.2, 0.25) is 0 Å². The number of ether oxygens (including phenoxy) is 1. The number of esters is 1. The molecule has 0 saturated carbocycles. The summed E-state index contributed by atoms with van der Waals surface area (Å²) in [5.74, 6) is -12.1. The van der Waals surface area contributed by atoms with E-state index in [4.69, 9.17) is 56.6 Å². The highest BCUT2D eigenvalue weighted by molar-refractivity contribution is 7.86. The number of phenols is 4. The predicted octanol–water partition coefficient (Wildman–Crippen LogP) is 3.99. The summed E-state index contributed by atoms with van der Waals surface area (Å²) >= 11 is 0. The molecule has 14 N–H and O–H groups in total. The molecule has 0 aromatic heterocycles. The number of carbonyl (C=O) groups excluding carboxylic acids is 4. The number of nitrogen functional groups attached to an aromatic ring is 2. The van der Waals surface area contributed by atoms with Crippen LogP contribution in [0.15, 0.2) is 138 Å². The summed E-state index contributed by atoms with van der Waals surface area (Å²) in [7, 11) is -22.0. The van der Waals surface area contributed by atoms with Gasteiger partial charge in [0.1, 0.15) is 60.1 Å². The molecule has 6 aromatic carbocycles. The second-order valence-electron chi connectivity index (χ2n) is 22.0. The number of anilines is 2. The molecule has 11 rings (SSSR count). The summed E-state index contributed by atoms with van der Waals surface area (Å²) < 4.78 is 163. The van der Waals surface area contributed by atoms with E-state index in [1.54, 1.807) is 0 Å². The molecule has 2 amide bonds. The highest BCUT2D eigenvalue weighted by Crippen LogP contribution is 2.49. The van der Waals surface area contributed by atoms with Gasteiger partial charge in [0.25, 0.3) is 23.2 Å². The van der Waals surface area contributed by atoms with E-state index in [0.29, 0.717) is 11.6 Å². The van der Waals surface area contributed by atoms with Crippen LogP contribution in [0, 0.1) is 31.0 Å². The molecule has 6 aromatic rings. The standard InChI is InChI=1S/C29H21N3O15S2.C25H17N3O13S2.C8H10N2O4/c30-17-6-4-14-22(15-5-7-18(31)27(49(43,44)45)25(15)47-24(14)26(17)48(40,41)42)13-2-1-3-16(23(13)28(35)36)29(37)46-9-8-12-10-20(33)21(34)11-19(12)32(38)39;26-14-6-4-11-18(10-2-1-3-13(19(10)24(31)32)25(33)41-28-16(29)8-9-17(28)30)12-5-7-15(27)23(43(37,38)39)21(12)40-20(11)22(14)42(34,35)36;9-2-1-5-3-7(11)8(12)4-6(5)10(13)14/h1-7,10-11,30,33-34H,8-9,31H2,(H,35,36)(H,40,41,42)(H,43,44,45);1-7,26H,8-9,27H2,(H,31,32)(H,34,35,36)(H,37,38,39);3-4,11-12H,1-2,9H2/p-4. The number of amides is 2. The van der Waals surface area contributed by atoms with Crippen LogP contribution < -0.4 is 27.9 Å². The average Bonchev–Trinajstić information content (AvgIpc) is 0.791. The number of nitrogens with one attached hydrogen (secondary N) is 2. The fourth-order valence-corrected chi connectivity index (χ4v) is 14.0. The first-order chi connectivity index (χ1) is 49.4. The lowest BCUT2D eigenvalue weighted by Gasteiger charge is -2.22. The van der Waals surface area contributed by atoms with E-state index < -0.39 is 213 Å². The van der Waals surface area contributed by atoms with Gasteiger partial charge in [-0.1, -0.05) is 24.3 Å². The van der Waals surface area contributed by atoms with Gasteiger partial charge in [-0.2, -0.15) is 0 Å². The molecule has 40 nitrogen and oxygen atoms in total. The zero-order valence-electron chi connectivity index (χ0n) is 52.6. The van der Waals surface area contributed by atoms with Crippen LogP contribution in [0.25, 0.3) is 66.8 Å². The molecule has 5 aliphatic rings. The number of hydrogen-bond donors (Lipinski definition) is 11. The maximum Gasteiger partial charge on any atom is 0.364 e. The molecule has 0 atom stereocenters. The van der Waals surface area contributed by atoms with Crippen molar-refractivity contribution in [2.45, 2.75) is 45.3 Å². The first-order valence-corrected chi connectivity index (χ1v) is 34.7. The summed E-state index contributed by atoms with van der Waals surface area (Å²) in [6.07, 6.45) is -0.589. The van der Waals surface area contributed by atoms with E-state index in [1.807, 2.05) is 0 Å². The molecule has 552 valence electrons. The summed E-state index contributed by atoms with van der Waals surface area (Å²) in [5, 5.41) is 93.8. The van der Waals surface area contributed by atoms with E-state index in [-0.39, 0.29) is 87.3 Å². The molecule has 2 aliphatic carbocycles. The molecule has 0 unspecified atom stereocenters. The number of hydroxylamine groups is 2. The first-order valence-electron chi connectivity index (χ1n) is 29.0. The Hall–Kier alpha value is -13.1. The van der Waals surface area contributed by atoms with Crippen LogP contribution >= 0.6 is 0 Å². The number of fused-ring (bicyclic) bond motifs is 4. The average molecular weight is 1540 g/mol. The van der Waals surface area contributed by atoms with Crippen molar-refractivity contribution >= 4 is 121 Å². The molecule has 1 saturated heterocycles. The number of hydrogen-bond acceptors (Lipinski definition) is 35. The zero-order chi connectivity index (χ0) is 78.5. The molecule has 0 spiro atoms. The molecule has 1 fully saturated rings. The third-order valence-electron chi connectivity index (χ3n) is 15.5. The Labute approximate surface area is 590 Å². The largest absolute Gasteiger partial charge is 0.744 e. The fraction of sp³-hybridized carbons (Fsp3) is 0.0968. The number of phenolic OH excluding ortho intramolecular Hbond substituents is 4. The van der Waals surface area contributed by atoms with Crippen LogP contribution in [-0.2, 0) is 72.5 Å². The fourth-order valence-electron chi connectivity index (χ4n) is 11.1. The number of rotatable bonds is 18. The Morgan fingerprint density at radius 1 is 0.519 bits per heavy atom. The van der Waals surface area contributed by atoms with Crippen molar-refractivity contribution < 1.29 is 140 Å². The molecule has 106 heavy (non-hydrogen) atoms. The zero-order valence-corrected chi connectivity index (χ0v) is 55.9. The number of aromatic carboxylic acids is 2. The maximum absolute atomic E-state index is 13.3. The highest BCUT2D eigenvalue weighted by Gasteiger charge is 2.37. The van der Waals surface area contributed by atoms with Crippen molar-refractivity contribution in [3.63, 3.8) is 0 Å². The quantitative estimate of drug-likeness (QED) is 0.00845. The predicted molar refractivity (Wildman–Crippen MR) is 349 cm³/mol. The van der Waals surface area contributed by atoms with Crippen molar-refractivity contribution in [2.24, 2.45) is 5.73 Å². The van der Waals surface area contributed by atoms with Crippen molar-refractivity contribution in [3.8, 4) is 67.9 Å². The molecule has 3 heterocycles. The molecular weight excluding hydrogens is 1500 g/mol. The van der Waals surface area contributed by atoms with E-state index in [0.717, 1.165) is 97.1 Å². The van der Waals surface area contributed by atoms with Gasteiger partial charge in [0, 0.05) is 63.4 Å². The number of nitro benzene ring substituents is 2. The minimum absolute atomic E-state index is 0.146. The van der Waals surface area contributed by atoms with Gasteiger partial charge < -0.3 is 84.5 Å². The second-order valence-corrected chi connectivity index (χ2v) is 27.3. The second kappa shape index (κ2) is 29.0. The molecule has 0 bridgehead atoms. The van der Waals surface area contributed by atoms with Gasteiger partial charge >= 0.3 is 23.9 Å². The molecular formula is C62H44N8O32S4-4. The molecule has 44 heteroatoms. The number of nitrogens with two attached hydrogens (primary N) is 3. The normalized spacial score (nSPS) is 12.5. The van der Waals surface area contributed by atoms with Crippen LogP contribution in [0.3, 0.4) is 0 Å². The Kier molecular flexibility index (Phi) is 21.1. The monoisotopic (exact) mass is 1540 g/mol. The van der Waals surface area contributed by atoms with Crippen LogP contribution in [-0.4, -0.2) is 146 Å². The van der Waals surface area contributed by atoms with E-state index in [2.05, 4.69) is 0 Å². The number of nitrogens with zero attached hydrogens (tertiary/aromatic N) is 3. The van der Waals surface area contributed by atoms with E-state index in [1.165, 1.54) is 6.07 Å². The number of nitro groups is 2. The minimum Gasteiger partial charge on any atom is -0.744 e. The summed E-state index contributed by atoms with van der Waals surface area (Å²) in [4.78, 5) is 96.0. The third-order valence-corrected chi connectivity index (χ3v) is 19.1. The number of carboxylic acids is 2. The van der Waals surface area contributed by atoms with Gasteiger partial charge in [-0.15, -0.1) is 5.06 Å². The first kappa shape index (κ1) is 77.1. The van der Waals surface area contributed by atoms with Gasteiger partial charge in [0.05, 0.1) is 72.9 Å². The highest BCUT2D eigenvalue weighted by atomic mass is 32.2. The van der Waals surface area contributed by atoms with E-state index >= 15 is 0 Å². The van der Waals surface area contributed by atoms with Gasteiger partial charge in [-0.05, 0) is 96.9 Å². The van der Waals surface area contributed by atoms with Crippen molar-refractivity contribution in [1.82, 2.24) is 5.06 Å².